The van der Waals surface area contributed by atoms with Crippen LogP contribution in [0.25, 0.3) is 0 Å². The summed E-state index contributed by atoms with van der Waals surface area (Å²) in [6, 6.07) is 4.76. The third kappa shape index (κ3) is 2.90. The lowest BCUT2D eigenvalue weighted by Gasteiger charge is -2.49. The molecule has 1 aromatic rings. The van der Waals surface area contributed by atoms with Gasteiger partial charge >= 0.3 is 0 Å². The Labute approximate surface area is 114 Å². The van der Waals surface area contributed by atoms with Gasteiger partial charge in [0.15, 0.2) is 0 Å². The molecule has 3 nitrogen and oxygen atoms in total. The van der Waals surface area contributed by atoms with Gasteiger partial charge in [-0.25, -0.2) is 4.39 Å². The fourth-order valence-electron chi connectivity index (χ4n) is 2.81. The predicted octanol–water partition coefficient (Wildman–Crippen LogP) is 2.24. The standard InChI is InChI=1S/C15H23FN2O/c1-17(2)15(5-4-6-15)11-18(3)14-8-12(10-19)7-13(16)9-14/h7-9,19H,4-6,10-11H2,1-3H3. The van der Waals surface area contributed by atoms with Gasteiger partial charge in [-0.2, -0.15) is 0 Å². The molecular formula is C15H23FN2O. The highest BCUT2D eigenvalue weighted by atomic mass is 19.1. The van der Waals surface area contributed by atoms with Crippen molar-refractivity contribution in [2.24, 2.45) is 0 Å². The van der Waals surface area contributed by atoms with E-state index < -0.39 is 0 Å². The van der Waals surface area contributed by atoms with Gasteiger partial charge in [-0.1, -0.05) is 0 Å². The Hall–Kier alpha value is -1.13. The summed E-state index contributed by atoms with van der Waals surface area (Å²) in [5.41, 5.74) is 1.66. The second-order valence-corrected chi connectivity index (χ2v) is 5.80. The SMILES string of the molecule is CN(CC1(N(C)C)CCC1)c1cc(F)cc(CO)c1. The molecule has 0 atom stereocenters. The van der Waals surface area contributed by atoms with Crippen molar-refractivity contribution in [1.82, 2.24) is 4.90 Å². The molecular weight excluding hydrogens is 243 g/mol. The van der Waals surface area contributed by atoms with Gasteiger partial charge in [0.05, 0.1) is 6.61 Å². The molecule has 0 radical (unpaired) electrons. The number of halogens is 1. The first-order valence-corrected chi connectivity index (χ1v) is 6.76. The van der Waals surface area contributed by atoms with Crippen LogP contribution < -0.4 is 4.90 Å². The molecule has 1 N–H and O–H groups in total. The zero-order valence-electron chi connectivity index (χ0n) is 12.0. The van der Waals surface area contributed by atoms with Crippen LogP contribution in [-0.2, 0) is 6.61 Å². The molecule has 1 saturated carbocycles. The molecule has 1 aliphatic rings. The van der Waals surface area contributed by atoms with Gasteiger partial charge in [0.2, 0.25) is 0 Å². The van der Waals surface area contributed by atoms with E-state index in [1.54, 1.807) is 0 Å². The Bertz CT molecular complexity index is 444. The van der Waals surface area contributed by atoms with Crippen LogP contribution in [0.1, 0.15) is 24.8 Å². The Morgan fingerprint density at radius 3 is 2.37 bits per heavy atom. The molecule has 1 aliphatic carbocycles. The normalized spacial score (nSPS) is 17.4. The topological polar surface area (TPSA) is 26.7 Å². The Balaban J connectivity index is 2.15. The minimum Gasteiger partial charge on any atom is -0.392 e. The number of rotatable bonds is 5. The monoisotopic (exact) mass is 266 g/mol. The van der Waals surface area contributed by atoms with E-state index in [-0.39, 0.29) is 18.0 Å². The lowest BCUT2D eigenvalue weighted by atomic mass is 9.75. The van der Waals surface area contributed by atoms with Crippen LogP contribution >= 0.6 is 0 Å². The smallest absolute Gasteiger partial charge is 0.125 e. The summed E-state index contributed by atoms with van der Waals surface area (Å²) in [5, 5.41) is 9.15. The third-order valence-electron chi connectivity index (χ3n) is 4.33. The molecule has 0 aliphatic heterocycles. The van der Waals surface area contributed by atoms with E-state index >= 15 is 0 Å². The molecule has 0 saturated heterocycles. The molecule has 0 bridgehead atoms. The second-order valence-electron chi connectivity index (χ2n) is 5.80. The maximum absolute atomic E-state index is 13.5. The maximum atomic E-state index is 13.5. The molecule has 0 heterocycles. The lowest BCUT2D eigenvalue weighted by Crippen LogP contribution is -2.56. The summed E-state index contributed by atoms with van der Waals surface area (Å²) in [5.74, 6) is -0.291. The van der Waals surface area contributed by atoms with E-state index in [0.717, 1.165) is 12.2 Å². The number of hydrogen-bond acceptors (Lipinski definition) is 3. The Kier molecular flexibility index (Phi) is 4.11. The largest absolute Gasteiger partial charge is 0.392 e. The van der Waals surface area contributed by atoms with Crippen molar-refractivity contribution in [3.8, 4) is 0 Å². The van der Waals surface area contributed by atoms with Crippen molar-refractivity contribution in [1.29, 1.82) is 0 Å². The number of aliphatic hydroxyl groups excluding tert-OH is 1. The summed E-state index contributed by atoms with van der Waals surface area (Å²) in [6.45, 7) is 0.756. The summed E-state index contributed by atoms with van der Waals surface area (Å²) in [4.78, 5) is 4.36. The van der Waals surface area contributed by atoms with Gasteiger partial charge in [-0.05, 0) is 57.1 Å². The molecule has 2 rings (SSSR count). The van der Waals surface area contributed by atoms with Gasteiger partial charge in [0, 0.05) is 24.8 Å². The second kappa shape index (κ2) is 5.47. The van der Waals surface area contributed by atoms with E-state index in [1.807, 2.05) is 13.1 Å². The quantitative estimate of drug-likeness (QED) is 0.885. The molecule has 0 aromatic heterocycles. The van der Waals surface area contributed by atoms with Gasteiger partial charge in [0.1, 0.15) is 5.82 Å². The van der Waals surface area contributed by atoms with Crippen molar-refractivity contribution < 1.29 is 9.50 Å². The first-order valence-electron chi connectivity index (χ1n) is 6.76. The lowest BCUT2D eigenvalue weighted by molar-refractivity contribution is 0.0683. The van der Waals surface area contributed by atoms with E-state index in [2.05, 4.69) is 23.9 Å². The third-order valence-corrected chi connectivity index (χ3v) is 4.33. The summed E-state index contributed by atoms with van der Waals surface area (Å²) >= 11 is 0. The molecule has 0 amide bonds. The number of likely N-dealkylation sites (N-methyl/N-ethyl adjacent to an activating group) is 2. The molecule has 19 heavy (non-hydrogen) atoms. The first-order chi connectivity index (χ1) is 8.97. The fraction of sp³-hybridized carbons (Fsp3) is 0.600. The first kappa shape index (κ1) is 14.3. The number of benzene rings is 1. The van der Waals surface area contributed by atoms with Crippen LogP contribution in [0.15, 0.2) is 18.2 Å². The maximum Gasteiger partial charge on any atom is 0.125 e. The molecule has 0 unspecified atom stereocenters. The summed E-state index contributed by atoms with van der Waals surface area (Å²) < 4.78 is 13.5. The van der Waals surface area contributed by atoms with Crippen molar-refractivity contribution in [2.45, 2.75) is 31.4 Å². The Morgan fingerprint density at radius 1 is 1.21 bits per heavy atom. The number of aliphatic hydroxyl groups is 1. The van der Waals surface area contributed by atoms with E-state index in [0.29, 0.717) is 5.56 Å². The zero-order valence-corrected chi connectivity index (χ0v) is 12.0. The van der Waals surface area contributed by atoms with Crippen LogP contribution in [0.4, 0.5) is 10.1 Å². The molecule has 106 valence electrons. The van der Waals surface area contributed by atoms with Gasteiger partial charge < -0.3 is 14.9 Å². The van der Waals surface area contributed by atoms with Crippen LogP contribution in [-0.4, -0.2) is 43.2 Å². The highest BCUT2D eigenvalue weighted by molar-refractivity contribution is 5.49. The minimum absolute atomic E-state index is 0.128. The Morgan fingerprint density at radius 2 is 1.89 bits per heavy atom. The van der Waals surface area contributed by atoms with Crippen LogP contribution in [0, 0.1) is 5.82 Å². The summed E-state index contributed by atoms with van der Waals surface area (Å²) in [7, 11) is 6.20. The summed E-state index contributed by atoms with van der Waals surface area (Å²) in [6.07, 6.45) is 3.64. The average molecular weight is 266 g/mol. The van der Waals surface area contributed by atoms with Gasteiger partial charge in [0.25, 0.3) is 0 Å². The van der Waals surface area contributed by atoms with E-state index in [4.69, 9.17) is 5.11 Å². The minimum atomic E-state index is -0.291. The number of hydrogen-bond donors (Lipinski definition) is 1. The highest BCUT2D eigenvalue weighted by Crippen LogP contribution is 2.37. The van der Waals surface area contributed by atoms with Crippen LogP contribution in [0.3, 0.4) is 0 Å². The average Bonchev–Trinajstić information content (AvgIpc) is 2.32. The predicted molar refractivity (Wildman–Crippen MR) is 75.9 cm³/mol. The molecule has 1 aromatic carbocycles. The van der Waals surface area contributed by atoms with Gasteiger partial charge in [-0.15, -0.1) is 0 Å². The van der Waals surface area contributed by atoms with Crippen molar-refractivity contribution in [3.63, 3.8) is 0 Å². The van der Waals surface area contributed by atoms with Crippen LogP contribution in [0.5, 0.6) is 0 Å². The molecule has 0 spiro atoms. The van der Waals surface area contributed by atoms with E-state index in [9.17, 15) is 4.39 Å². The fourth-order valence-corrected chi connectivity index (χ4v) is 2.81. The van der Waals surface area contributed by atoms with Gasteiger partial charge in [-0.3, -0.25) is 0 Å². The van der Waals surface area contributed by atoms with Crippen molar-refractivity contribution in [2.75, 3.05) is 32.6 Å². The van der Waals surface area contributed by atoms with Crippen LogP contribution in [0.2, 0.25) is 0 Å². The van der Waals surface area contributed by atoms with E-state index in [1.165, 1.54) is 31.4 Å². The molecule has 4 heteroatoms. The van der Waals surface area contributed by atoms with Crippen molar-refractivity contribution >= 4 is 5.69 Å². The number of anilines is 1. The zero-order chi connectivity index (χ0) is 14.0. The highest BCUT2D eigenvalue weighted by Gasteiger charge is 2.39. The molecule has 1 fully saturated rings. The number of nitrogens with zero attached hydrogens (tertiary/aromatic N) is 2. The van der Waals surface area contributed by atoms with Crippen molar-refractivity contribution in [3.05, 3.63) is 29.6 Å².